The number of hydrogen-bond donors (Lipinski definition) is 1. The van der Waals surface area contributed by atoms with Crippen LogP contribution >= 0.6 is 0 Å². The van der Waals surface area contributed by atoms with Gasteiger partial charge in [0.15, 0.2) is 0 Å². The highest BCUT2D eigenvalue weighted by Gasteiger charge is 2.39. The number of nitrogens with one attached hydrogen (secondary N) is 1. The third-order valence-corrected chi connectivity index (χ3v) is 7.43. The van der Waals surface area contributed by atoms with Crippen molar-refractivity contribution in [2.24, 2.45) is 0 Å². The molecule has 1 fully saturated rings. The summed E-state index contributed by atoms with van der Waals surface area (Å²) in [7, 11) is 0. The summed E-state index contributed by atoms with van der Waals surface area (Å²) in [4.78, 5) is 42.6. The summed E-state index contributed by atoms with van der Waals surface area (Å²) in [6.07, 6.45) is 0.163. The van der Waals surface area contributed by atoms with Crippen LogP contribution in [0, 0.1) is 0 Å². The molecule has 6 nitrogen and oxygen atoms in total. The lowest BCUT2D eigenvalue weighted by Gasteiger charge is -2.36. The van der Waals surface area contributed by atoms with Crippen LogP contribution in [0.25, 0.3) is 11.1 Å². The molecule has 1 N–H and O–H groups in total. The molecule has 0 spiro atoms. The molecule has 0 aromatic heterocycles. The smallest absolute Gasteiger partial charge is 0.261 e. The molecule has 6 heteroatoms. The fraction of sp³-hybridized carbons (Fsp3) is 0.250. The van der Waals surface area contributed by atoms with E-state index in [2.05, 4.69) is 48.5 Å². The van der Waals surface area contributed by atoms with Crippen molar-refractivity contribution in [3.63, 3.8) is 0 Å². The lowest BCUT2D eigenvalue weighted by atomic mass is 10.0. The number of hydrogen-bond acceptors (Lipinski definition) is 3. The number of nitrogens with zero attached hydrogens (tertiary/aromatic N) is 2. The summed E-state index contributed by atoms with van der Waals surface area (Å²) >= 11 is 0. The third kappa shape index (κ3) is 3.25. The molecule has 0 atom stereocenters. The molecule has 1 saturated heterocycles. The van der Waals surface area contributed by atoms with Crippen molar-refractivity contribution in [2.75, 3.05) is 32.7 Å². The Balaban J connectivity index is 1.10. The molecule has 0 radical (unpaired) electrons. The summed E-state index contributed by atoms with van der Waals surface area (Å²) < 4.78 is 0. The van der Waals surface area contributed by atoms with Crippen LogP contribution in [0.1, 0.15) is 44.3 Å². The van der Waals surface area contributed by atoms with Crippen molar-refractivity contribution in [3.8, 4) is 11.1 Å². The normalized spacial score (nSPS) is 17.6. The second-order valence-corrected chi connectivity index (χ2v) is 9.20. The number of benzene rings is 3. The fourth-order valence-electron chi connectivity index (χ4n) is 5.74. The highest BCUT2D eigenvalue weighted by molar-refractivity contribution is 6.21. The number of imide groups is 1. The van der Waals surface area contributed by atoms with Gasteiger partial charge in [0, 0.05) is 24.1 Å². The summed E-state index contributed by atoms with van der Waals surface area (Å²) in [5, 5.41) is 0. The van der Waals surface area contributed by atoms with E-state index in [1.54, 1.807) is 24.3 Å². The zero-order valence-corrected chi connectivity index (χ0v) is 18.9. The molecule has 170 valence electrons. The molecule has 3 amide bonds. The van der Waals surface area contributed by atoms with Gasteiger partial charge in [-0.3, -0.25) is 19.3 Å². The number of carbonyl (C=O) groups is 3. The van der Waals surface area contributed by atoms with E-state index < -0.39 is 0 Å². The van der Waals surface area contributed by atoms with Gasteiger partial charge in [-0.15, -0.1) is 0 Å². The van der Waals surface area contributed by atoms with Gasteiger partial charge in [0.1, 0.15) is 6.04 Å². The van der Waals surface area contributed by atoms with Gasteiger partial charge >= 0.3 is 0 Å². The van der Waals surface area contributed by atoms with E-state index in [1.807, 2.05) is 4.90 Å². The number of carbonyl (C=O) groups excluding carboxylic acids is 3. The van der Waals surface area contributed by atoms with Gasteiger partial charge in [0.25, 0.3) is 11.8 Å². The van der Waals surface area contributed by atoms with E-state index in [-0.39, 0.29) is 30.7 Å². The molecule has 2 heterocycles. The van der Waals surface area contributed by atoms with Crippen LogP contribution in [0.5, 0.6) is 0 Å². The largest absolute Gasteiger partial charge is 0.331 e. The number of amides is 3. The maximum absolute atomic E-state index is 12.9. The molecule has 34 heavy (non-hydrogen) atoms. The summed E-state index contributed by atoms with van der Waals surface area (Å²) in [6.45, 7) is 3.22. The Morgan fingerprint density at radius 2 is 1.21 bits per heavy atom. The first-order chi connectivity index (χ1) is 16.6. The lowest BCUT2D eigenvalue weighted by Crippen LogP contribution is -3.15. The predicted molar refractivity (Wildman–Crippen MR) is 127 cm³/mol. The van der Waals surface area contributed by atoms with Crippen molar-refractivity contribution >= 4 is 17.7 Å². The quantitative estimate of drug-likeness (QED) is 0.618. The molecule has 0 unspecified atom stereocenters. The lowest BCUT2D eigenvalue weighted by molar-refractivity contribution is -0.929. The van der Waals surface area contributed by atoms with Crippen LogP contribution in [0.3, 0.4) is 0 Å². The standard InChI is InChI=1S/C28H25N3O3/c32-25(13-14-31-27(33)23-11-5-6-12-24(23)28(31)34)29-15-17-30(18-16-29)26-21-9-3-1-7-19(21)20-8-2-4-10-22(20)26/h1-12,26H,13-18H2/p+1. The Hall–Kier alpha value is -3.77. The van der Waals surface area contributed by atoms with Crippen LogP contribution < -0.4 is 4.90 Å². The van der Waals surface area contributed by atoms with Crippen LogP contribution in [0.4, 0.5) is 0 Å². The summed E-state index contributed by atoms with van der Waals surface area (Å²) in [6, 6.07) is 24.4. The first kappa shape index (κ1) is 20.8. The van der Waals surface area contributed by atoms with Gasteiger partial charge in [0.05, 0.1) is 37.3 Å². The Kier molecular flexibility index (Phi) is 5.03. The number of fused-ring (bicyclic) bond motifs is 4. The van der Waals surface area contributed by atoms with E-state index >= 15 is 0 Å². The molecule has 3 aromatic rings. The van der Waals surface area contributed by atoms with Gasteiger partial charge in [-0.2, -0.15) is 0 Å². The van der Waals surface area contributed by atoms with E-state index in [9.17, 15) is 14.4 Å². The zero-order chi connectivity index (χ0) is 23.2. The van der Waals surface area contributed by atoms with Crippen molar-refractivity contribution in [3.05, 3.63) is 95.1 Å². The van der Waals surface area contributed by atoms with Crippen LogP contribution in [-0.4, -0.2) is 60.2 Å². The van der Waals surface area contributed by atoms with Gasteiger partial charge in [-0.05, 0) is 23.3 Å². The maximum atomic E-state index is 12.9. The van der Waals surface area contributed by atoms with Gasteiger partial charge < -0.3 is 9.80 Å². The monoisotopic (exact) mass is 452 g/mol. The van der Waals surface area contributed by atoms with Crippen LogP contribution in [-0.2, 0) is 4.79 Å². The summed E-state index contributed by atoms with van der Waals surface area (Å²) in [5.41, 5.74) is 6.21. The Bertz CT molecular complexity index is 1230. The SMILES string of the molecule is O=C(CCN1C(=O)c2ccccc2C1=O)N1CC[NH+](C2c3ccccc3-c3ccccc32)CC1. The summed E-state index contributed by atoms with van der Waals surface area (Å²) in [5.74, 6) is -0.606. The molecule has 3 aromatic carbocycles. The minimum Gasteiger partial charge on any atom is -0.331 e. The molecule has 6 rings (SSSR count). The van der Waals surface area contributed by atoms with E-state index in [1.165, 1.54) is 32.1 Å². The highest BCUT2D eigenvalue weighted by Crippen LogP contribution is 2.41. The average molecular weight is 453 g/mol. The Morgan fingerprint density at radius 3 is 1.74 bits per heavy atom. The van der Waals surface area contributed by atoms with Crippen LogP contribution in [0.2, 0.25) is 0 Å². The maximum Gasteiger partial charge on any atom is 0.261 e. The zero-order valence-electron chi connectivity index (χ0n) is 18.9. The molecule has 2 aliphatic heterocycles. The molecule has 3 aliphatic rings. The third-order valence-electron chi connectivity index (χ3n) is 7.43. The number of rotatable bonds is 4. The first-order valence-electron chi connectivity index (χ1n) is 11.9. The molecular weight excluding hydrogens is 426 g/mol. The van der Waals surface area contributed by atoms with Gasteiger partial charge in [-0.1, -0.05) is 60.7 Å². The average Bonchev–Trinajstić information content (AvgIpc) is 3.35. The second-order valence-electron chi connectivity index (χ2n) is 9.20. The molecule has 0 saturated carbocycles. The van der Waals surface area contributed by atoms with E-state index in [4.69, 9.17) is 0 Å². The Morgan fingerprint density at radius 1 is 0.735 bits per heavy atom. The van der Waals surface area contributed by atoms with Crippen molar-refractivity contribution in [2.45, 2.75) is 12.5 Å². The first-order valence-corrected chi connectivity index (χ1v) is 11.9. The van der Waals surface area contributed by atoms with Gasteiger partial charge in [0.2, 0.25) is 5.91 Å². The van der Waals surface area contributed by atoms with Gasteiger partial charge in [-0.25, -0.2) is 0 Å². The Labute approximate surface area is 198 Å². The topological polar surface area (TPSA) is 62.1 Å². The van der Waals surface area contributed by atoms with Crippen LogP contribution in [0.15, 0.2) is 72.8 Å². The van der Waals surface area contributed by atoms with Crippen molar-refractivity contribution < 1.29 is 19.3 Å². The van der Waals surface area contributed by atoms with E-state index in [0.29, 0.717) is 30.3 Å². The minimum absolute atomic E-state index is 0.00262. The molecule has 1 aliphatic carbocycles. The van der Waals surface area contributed by atoms with Crippen molar-refractivity contribution in [1.82, 2.24) is 9.80 Å². The minimum atomic E-state index is -0.304. The molecule has 0 bridgehead atoms. The fourth-order valence-corrected chi connectivity index (χ4v) is 5.74. The molecular formula is C28H26N3O3+. The number of piperazine rings is 1. The second kappa shape index (κ2) is 8.22. The highest BCUT2D eigenvalue weighted by atomic mass is 16.2. The predicted octanol–water partition coefficient (Wildman–Crippen LogP) is 2.17. The van der Waals surface area contributed by atoms with Crippen molar-refractivity contribution in [1.29, 1.82) is 0 Å². The number of quaternary nitrogens is 1. The van der Waals surface area contributed by atoms with E-state index in [0.717, 1.165) is 13.1 Å².